The van der Waals surface area contributed by atoms with E-state index in [-0.39, 0.29) is 5.56 Å². The number of hydrogen-bond acceptors (Lipinski definition) is 8. The second-order valence-electron chi connectivity index (χ2n) is 9.67. The van der Waals surface area contributed by atoms with Gasteiger partial charge in [-0.2, -0.15) is 0 Å². The standard InChI is InChI=1S/C28H34N6O4/c1-36-14-13-34-27(30-31-32-34)26(33-11-9-20(10-12-33)15-19-7-5-4-6-8-19)22-16-21-17-24(37-2)25(38-3)18-23(21)29-28(22)35/h4-8,16-18,20,26H,9-15H2,1-3H3,(H,29,35)/t26-/m0/s1. The molecular weight excluding hydrogens is 484 g/mol. The normalized spacial score (nSPS) is 15.6. The monoisotopic (exact) mass is 518 g/mol. The molecule has 1 N–H and O–H groups in total. The minimum atomic E-state index is -0.402. The lowest BCUT2D eigenvalue weighted by Gasteiger charge is -2.37. The number of fused-ring (bicyclic) bond motifs is 1. The van der Waals surface area contributed by atoms with Crippen molar-refractivity contribution in [1.82, 2.24) is 30.1 Å². The number of aromatic amines is 1. The highest BCUT2D eigenvalue weighted by molar-refractivity contribution is 5.83. The Bertz CT molecular complexity index is 1410. The highest BCUT2D eigenvalue weighted by atomic mass is 16.5. The van der Waals surface area contributed by atoms with Crippen LogP contribution >= 0.6 is 0 Å². The van der Waals surface area contributed by atoms with Crippen molar-refractivity contribution in [3.8, 4) is 11.5 Å². The third kappa shape index (κ3) is 5.41. The maximum Gasteiger partial charge on any atom is 0.253 e. The van der Waals surface area contributed by atoms with Gasteiger partial charge in [0.15, 0.2) is 17.3 Å². The van der Waals surface area contributed by atoms with Crippen LogP contribution in [0.3, 0.4) is 0 Å². The van der Waals surface area contributed by atoms with Gasteiger partial charge in [-0.25, -0.2) is 4.68 Å². The molecule has 0 bridgehead atoms. The van der Waals surface area contributed by atoms with Gasteiger partial charge in [0, 0.05) is 24.1 Å². The number of nitrogens with one attached hydrogen (secondary N) is 1. The van der Waals surface area contributed by atoms with Crippen molar-refractivity contribution in [3.63, 3.8) is 0 Å². The number of nitrogens with zero attached hydrogens (tertiary/aromatic N) is 5. The molecule has 0 saturated carbocycles. The predicted octanol–water partition coefficient (Wildman–Crippen LogP) is 3.22. The summed E-state index contributed by atoms with van der Waals surface area (Å²) in [6.07, 6.45) is 3.12. The Kier molecular flexibility index (Phi) is 8.00. The highest BCUT2D eigenvalue weighted by Gasteiger charge is 2.33. The summed E-state index contributed by atoms with van der Waals surface area (Å²) < 4.78 is 17.9. The van der Waals surface area contributed by atoms with E-state index in [1.807, 2.05) is 12.1 Å². The van der Waals surface area contributed by atoms with E-state index in [0.29, 0.717) is 47.5 Å². The average molecular weight is 519 g/mol. The second kappa shape index (κ2) is 11.7. The Hall–Kier alpha value is -3.76. The Morgan fingerprint density at radius 3 is 2.47 bits per heavy atom. The molecule has 10 nitrogen and oxygen atoms in total. The van der Waals surface area contributed by atoms with Crippen molar-refractivity contribution >= 4 is 10.9 Å². The third-order valence-corrected chi connectivity index (χ3v) is 7.36. The van der Waals surface area contributed by atoms with Gasteiger partial charge in [-0.3, -0.25) is 9.69 Å². The van der Waals surface area contributed by atoms with E-state index >= 15 is 0 Å². The summed E-state index contributed by atoms with van der Waals surface area (Å²) in [5.41, 5.74) is 2.46. The highest BCUT2D eigenvalue weighted by Crippen LogP contribution is 2.35. The van der Waals surface area contributed by atoms with Crippen molar-refractivity contribution < 1.29 is 14.2 Å². The Morgan fingerprint density at radius 1 is 1.03 bits per heavy atom. The molecule has 1 atom stereocenters. The van der Waals surface area contributed by atoms with Crippen LogP contribution in [-0.2, 0) is 17.7 Å². The number of rotatable bonds is 10. The number of pyridine rings is 1. The van der Waals surface area contributed by atoms with Crippen LogP contribution in [0.5, 0.6) is 11.5 Å². The summed E-state index contributed by atoms with van der Waals surface area (Å²) >= 11 is 0. The molecule has 0 radical (unpaired) electrons. The van der Waals surface area contributed by atoms with Crippen LogP contribution in [0, 0.1) is 5.92 Å². The SMILES string of the molecule is COCCn1nnnc1[C@H](c1cc2cc(OC)c(OC)cc2[nH]c1=O)N1CCC(Cc2ccccc2)CC1. The van der Waals surface area contributed by atoms with Gasteiger partial charge in [-0.1, -0.05) is 30.3 Å². The molecule has 1 fully saturated rings. The van der Waals surface area contributed by atoms with Crippen molar-refractivity contribution in [1.29, 1.82) is 0 Å². The number of H-pyrrole nitrogens is 1. The number of piperidine rings is 1. The van der Waals surface area contributed by atoms with E-state index in [1.54, 1.807) is 32.1 Å². The van der Waals surface area contributed by atoms with Crippen LogP contribution in [0.15, 0.2) is 53.3 Å². The van der Waals surface area contributed by atoms with E-state index in [4.69, 9.17) is 14.2 Å². The lowest BCUT2D eigenvalue weighted by atomic mass is 9.89. The maximum atomic E-state index is 13.5. The van der Waals surface area contributed by atoms with Gasteiger partial charge in [-0.05, 0) is 66.4 Å². The van der Waals surface area contributed by atoms with Crippen LogP contribution in [0.4, 0.5) is 0 Å². The van der Waals surface area contributed by atoms with E-state index in [1.165, 1.54) is 5.56 Å². The van der Waals surface area contributed by atoms with Gasteiger partial charge in [-0.15, -0.1) is 5.10 Å². The molecule has 4 aromatic rings. The predicted molar refractivity (Wildman–Crippen MR) is 144 cm³/mol. The van der Waals surface area contributed by atoms with Crippen LogP contribution in [0.25, 0.3) is 10.9 Å². The first kappa shape index (κ1) is 25.9. The summed E-state index contributed by atoms with van der Waals surface area (Å²) in [5, 5.41) is 13.4. The van der Waals surface area contributed by atoms with Gasteiger partial charge in [0.1, 0.15) is 6.04 Å². The fraction of sp³-hybridized carbons (Fsp3) is 0.429. The fourth-order valence-corrected chi connectivity index (χ4v) is 5.36. The van der Waals surface area contributed by atoms with Gasteiger partial charge >= 0.3 is 0 Å². The first-order valence-corrected chi connectivity index (χ1v) is 12.9. The van der Waals surface area contributed by atoms with Crippen LogP contribution in [0.2, 0.25) is 0 Å². The minimum absolute atomic E-state index is 0.178. The number of benzene rings is 2. The van der Waals surface area contributed by atoms with E-state index in [0.717, 1.165) is 37.7 Å². The van der Waals surface area contributed by atoms with E-state index in [9.17, 15) is 4.79 Å². The summed E-state index contributed by atoms with van der Waals surface area (Å²) in [5.74, 6) is 2.38. The van der Waals surface area contributed by atoms with E-state index in [2.05, 4.69) is 55.7 Å². The van der Waals surface area contributed by atoms with Gasteiger partial charge in [0.25, 0.3) is 5.56 Å². The molecule has 0 unspecified atom stereocenters. The largest absolute Gasteiger partial charge is 0.493 e. The van der Waals surface area contributed by atoms with Crippen molar-refractivity contribution in [2.24, 2.45) is 5.92 Å². The molecule has 2 aromatic carbocycles. The maximum absolute atomic E-state index is 13.5. The summed E-state index contributed by atoms with van der Waals surface area (Å²) in [4.78, 5) is 18.9. The Labute approximate surface area is 221 Å². The molecule has 5 rings (SSSR count). The van der Waals surface area contributed by atoms with Gasteiger partial charge < -0.3 is 19.2 Å². The number of aromatic nitrogens is 5. The molecule has 3 heterocycles. The average Bonchev–Trinajstić information content (AvgIpc) is 3.41. The van der Waals surface area contributed by atoms with Crippen LogP contribution in [0.1, 0.15) is 35.8 Å². The Balaban J connectivity index is 1.50. The van der Waals surface area contributed by atoms with Crippen molar-refractivity contribution in [2.45, 2.75) is 31.8 Å². The number of likely N-dealkylation sites (tertiary alicyclic amines) is 1. The molecule has 2 aromatic heterocycles. The zero-order valence-corrected chi connectivity index (χ0v) is 22.1. The first-order valence-electron chi connectivity index (χ1n) is 12.9. The number of tetrazole rings is 1. The lowest BCUT2D eigenvalue weighted by molar-refractivity contribution is 0.138. The minimum Gasteiger partial charge on any atom is -0.493 e. The quantitative estimate of drug-likeness (QED) is 0.341. The summed E-state index contributed by atoms with van der Waals surface area (Å²) in [6, 6.07) is 15.8. The molecule has 0 aliphatic carbocycles. The van der Waals surface area contributed by atoms with E-state index < -0.39 is 6.04 Å². The molecule has 38 heavy (non-hydrogen) atoms. The molecule has 1 saturated heterocycles. The Morgan fingerprint density at radius 2 is 1.76 bits per heavy atom. The molecule has 0 spiro atoms. The second-order valence-corrected chi connectivity index (χ2v) is 9.67. The summed E-state index contributed by atoms with van der Waals surface area (Å²) in [6.45, 7) is 2.64. The van der Waals surface area contributed by atoms with Crippen molar-refractivity contribution in [3.05, 3.63) is 75.8 Å². The lowest BCUT2D eigenvalue weighted by Crippen LogP contribution is -2.41. The topological polar surface area (TPSA) is 107 Å². The molecular formula is C28H34N6O4. The first-order chi connectivity index (χ1) is 18.6. The zero-order chi connectivity index (χ0) is 26.5. The van der Waals surface area contributed by atoms with Gasteiger partial charge in [0.05, 0.1) is 32.9 Å². The molecule has 200 valence electrons. The number of ether oxygens (including phenoxy) is 3. The zero-order valence-electron chi connectivity index (χ0n) is 22.1. The van der Waals surface area contributed by atoms with Crippen LogP contribution < -0.4 is 15.0 Å². The molecule has 1 aliphatic rings. The smallest absolute Gasteiger partial charge is 0.253 e. The van der Waals surface area contributed by atoms with Crippen molar-refractivity contribution in [2.75, 3.05) is 41.0 Å². The molecule has 10 heteroatoms. The molecule has 1 aliphatic heterocycles. The third-order valence-electron chi connectivity index (χ3n) is 7.36. The number of methoxy groups -OCH3 is 3. The number of hydrogen-bond donors (Lipinski definition) is 1. The van der Waals surface area contributed by atoms with Crippen LogP contribution in [-0.4, -0.2) is 71.1 Å². The fourth-order valence-electron chi connectivity index (χ4n) is 5.36. The van der Waals surface area contributed by atoms with Gasteiger partial charge in [0.2, 0.25) is 0 Å². The summed E-state index contributed by atoms with van der Waals surface area (Å²) in [7, 11) is 4.82. The molecule has 0 amide bonds.